The van der Waals surface area contributed by atoms with Crippen molar-refractivity contribution >= 4 is 17.3 Å². The topological polar surface area (TPSA) is 55.1 Å². The highest BCUT2D eigenvalue weighted by atomic mass is 32.1. The van der Waals surface area contributed by atoms with Gasteiger partial charge in [0.1, 0.15) is 0 Å². The van der Waals surface area contributed by atoms with Crippen LogP contribution in [-0.2, 0) is 18.3 Å². The van der Waals surface area contributed by atoms with Crippen LogP contribution in [0.4, 0.5) is 0 Å². The van der Waals surface area contributed by atoms with E-state index in [1.807, 2.05) is 12.4 Å². The Morgan fingerprint density at radius 1 is 1.50 bits per heavy atom. The third-order valence-electron chi connectivity index (χ3n) is 3.16. The van der Waals surface area contributed by atoms with Crippen molar-refractivity contribution in [2.75, 3.05) is 0 Å². The standard InChI is InChI=1S/C13H16N2O2S/c1-8-6-10(9(2)15(8)3)11-7-18-12(14-11)4-5-13(16)17/h6-7H,4-5H2,1-3H3,(H,16,17). The molecule has 2 aromatic rings. The first-order valence-electron chi connectivity index (χ1n) is 5.78. The van der Waals surface area contributed by atoms with Gasteiger partial charge in [0.05, 0.1) is 17.1 Å². The molecule has 1 N–H and O–H groups in total. The van der Waals surface area contributed by atoms with Crippen molar-refractivity contribution in [2.45, 2.75) is 26.7 Å². The summed E-state index contributed by atoms with van der Waals surface area (Å²) in [6.45, 7) is 4.13. The third kappa shape index (κ3) is 2.46. The second-order valence-corrected chi connectivity index (χ2v) is 5.31. The Morgan fingerprint density at radius 2 is 2.22 bits per heavy atom. The Bertz CT molecular complexity index is 584. The van der Waals surface area contributed by atoms with Gasteiger partial charge in [-0.3, -0.25) is 4.79 Å². The van der Waals surface area contributed by atoms with Crippen molar-refractivity contribution in [3.63, 3.8) is 0 Å². The molecule has 0 bridgehead atoms. The molecule has 2 heterocycles. The van der Waals surface area contributed by atoms with Gasteiger partial charge in [-0.25, -0.2) is 4.98 Å². The Morgan fingerprint density at radius 3 is 2.78 bits per heavy atom. The quantitative estimate of drug-likeness (QED) is 0.923. The van der Waals surface area contributed by atoms with Gasteiger partial charge in [-0.1, -0.05) is 0 Å². The number of thiazole rings is 1. The highest BCUT2D eigenvalue weighted by molar-refractivity contribution is 7.09. The molecule has 0 spiro atoms. The average molecular weight is 264 g/mol. The Balaban J connectivity index is 2.24. The molecule has 0 fully saturated rings. The lowest BCUT2D eigenvalue weighted by Crippen LogP contribution is -1.97. The van der Waals surface area contributed by atoms with Crippen molar-refractivity contribution in [1.29, 1.82) is 0 Å². The maximum atomic E-state index is 10.5. The molecule has 0 saturated carbocycles. The molecule has 0 aromatic carbocycles. The molecule has 5 heteroatoms. The molecule has 2 rings (SSSR count). The summed E-state index contributed by atoms with van der Waals surface area (Å²) < 4.78 is 2.13. The number of aromatic nitrogens is 2. The molecule has 4 nitrogen and oxygen atoms in total. The molecule has 0 aliphatic heterocycles. The first-order valence-corrected chi connectivity index (χ1v) is 6.66. The normalized spacial score (nSPS) is 10.8. The van der Waals surface area contributed by atoms with E-state index in [0.717, 1.165) is 16.3 Å². The maximum Gasteiger partial charge on any atom is 0.303 e. The monoisotopic (exact) mass is 264 g/mol. The van der Waals surface area contributed by atoms with Crippen LogP contribution < -0.4 is 0 Å². The van der Waals surface area contributed by atoms with Crippen LogP contribution >= 0.6 is 11.3 Å². The first kappa shape index (κ1) is 12.8. The van der Waals surface area contributed by atoms with E-state index in [1.165, 1.54) is 22.7 Å². The van der Waals surface area contributed by atoms with Crippen LogP contribution in [0.2, 0.25) is 0 Å². The number of carboxylic acid groups (broad SMARTS) is 1. The number of carbonyl (C=O) groups is 1. The van der Waals surface area contributed by atoms with E-state index in [9.17, 15) is 4.79 Å². The predicted molar refractivity (Wildman–Crippen MR) is 72.0 cm³/mol. The fourth-order valence-electron chi connectivity index (χ4n) is 1.88. The summed E-state index contributed by atoms with van der Waals surface area (Å²) in [4.78, 5) is 15.0. The van der Waals surface area contributed by atoms with Gasteiger partial charge in [0.25, 0.3) is 0 Å². The molecule has 0 radical (unpaired) electrons. The average Bonchev–Trinajstić information content (AvgIpc) is 2.87. The van der Waals surface area contributed by atoms with Gasteiger partial charge in [-0.15, -0.1) is 11.3 Å². The maximum absolute atomic E-state index is 10.5. The number of rotatable bonds is 4. The molecule has 96 valence electrons. The fourth-order valence-corrected chi connectivity index (χ4v) is 2.68. The zero-order chi connectivity index (χ0) is 13.3. The van der Waals surface area contributed by atoms with Gasteiger partial charge in [-0.2, -0.15) is 0 Å². The van der Waals surface area contributed by atoms with E-state index < -0.39 is 5.97 Å². The Labute approximate surface area is 110 Å². The van der Waals surface area contributed by atoms with E-state index in [-0.39, 0.29) is 6.42 Å². The molecule has 0 unspecified atom stereocenters. The summed E-state index contributed by atoms with van der Waals surface area (Å²) in [5, 5.41) is 11.5. The number of aryl methyl sites for hydroxylation is 2. The van der Waals surface area contributed by atoms with E-state index >= 15 is 0 Å². The van der Waals surface area contributed by atoms with E-state index in [1.54, 1.807) is 0 Å². The largest absolute Gasteiger partial charge is 0.481 e. The summed E-state index contributed by atoms with van der Waals surface area (Å²) in [5.41, 5.74) is 4.46. The molecule has 18 heavy (non-hydrogen) atoms. The van der Waals surface area contributed by atoms with Crippen LogP contribution in [0.3, 0.4) is 0 Å². The van der Waals surface area contributed by atoms with Gasteiger partial charge in [0, 0.05) is 35.8 Å². The summed E-state index contributed by atoms with van der Waals surface area (Å²) in [5.74, 6) is -0.779. The molecule has 0 aliphatic carbocycles. The van der Waals surface area contributed by atoms with Crippen LogP contribution in [0, 0.1) is 13.8 Å². The zero-order valence-corrected chi connectivity index (χ0v) is 11.5. The van der Waals surface area contributed by atoms with Crippen LogP contribution in [0.1, 0.15) is 22.8 Å². The SMILES string of the molecule is Cc1cc(-c2csc(CCC(=O)O)n2)c(C)n1C. The van der Waals surface area contributed by atoms with Crippen LogP contribution in [0.15, 0.2) is 11.4 Å². The van der Waals surface area contributed by atoms with Crippen molar-refractivity contribution in [3.8, 4) is 11.3 Å². The van der Waals surface area contributed by atoms with Crippen molar-refractivity contribution in [2.24, 2.45) is 7.05 Å². The molecule has 0 saturated heterocycles. The predicted octanol–water partition coefficient (Wildman–Crippen LogP) is 2.78. The number of hydrogen-bond donors (Lipinski definition) is 1. The van der Waals surface area contributed by atoms with Crippen molar-refractivity contribution in [1.82, 2.24) is 9.55 Å². The zero-order valence-electron chi connectivity index (χ0n) is 10.7. The lowest BCUT2D eigenvalue weighted by Gasteiger charge is -1.99. The van der Waals surface area contributed by atoms with Crippen LogP contribution in [0.5, 0.6) is 0 Å². The lowest BCUT2D eigenvalue weighted by atomic mass is 10.2. The van der Waals surface area contributed by atoms with Crippen molar-refractivity contribution in [3.05, 3.63) is 27.8 Å². The second-order valence-electron chi connectivity index (χ2n) is 4.36. The second kappa shape index (κ2) is 4.94. The van der Waals surface area contributed by atoms with Crippen molar-refractivity contribution < 1.29 is 9.90 Å². The van der Waals surface area contributed by atoms with E-state index in [0.29, 0.717) is 6.42 Å². The third-order valence-corrected chi connectivity index (χ3v) is 4.06. The Hall–Kier alpha value is -1.62. The number of hydrogen-bond acceptors (Lipinski definition) is 3. The van der Waals surface area contributed by atoms with Gasteiger partial charge >= 0.3 is 5.97 Å². The summed E-state index contributed by atoms with van der Waals surface area (Å²) in [6.07, 6.45) is 0.643. The van der Waals surface area contributed by atoms with Crippen LogP contribution in [-0.4, -0.2) is 20.6 Å². The smallest absolute Gasteiger partial charge is 0.303 e. The Kier molecular flexibility index (Phi) is 3.52. The van der Waals surface area contributed by atoms with Gasteiger partial charge in [0.15, 0.2) is 0 Å². The number of aliphatic carboxylic acids is 1. The minimum Gasteiger partial charge on any atom is -0.481 e. The van der Waals surface area contributed by atoms with Gasteiger partial charge in [-0.05, 0) is 19.9 Å². The van der Waals surface area contributed by atoms with E-state index in [4.69, 9.17) is 5.11 Å². The summed E-state index contributed by atoms with van der Waals surface area (Å²) >= 11 is 1.53. The minimum absolute atomic E-state index is 0.139. The molecule has 0 aliphatic rings. The fraction of sp³-hybridized carbons (Fsp3) is 0.385. The highest BCUT2D eigenvalue weighted by Crippen LogP contribution is 2.27. The van der Waals surface area contributed by atoms with E-state index in [2.05, 4.69) is 29.5 Å². The summed E-state index contributed by atoms with van der Waals surface area (Å²) in [6, 6.07) is 2.12. The van der Waals surface area contributed by atoms with Gasteiger partial charge in [0.2, 0.25) is 0 Å². The minimum atomic E-state index is -0.779. The summed E-state index contributed by atoms with van der Waals surface area (Å²) in [7, 11) is 2.03. The highest BCUT2D eigenvalue weighted by Gasteiger charge is 2.12. The first-order chi connectivity index (χ1) is 8.49. The van der Waals surface area contributed by atoms with Gasteiger partial charge < -0.3 is 9.67 Å². The molecule has 0 amide bonds. The van der Waals surface area contributed by atoms with Crippen LogP contribution in [0.25, 0.3) is 11.3 Å². The molecule has 0 atom stereocenters. The lowest BCUT2D eigenvalue weighted by molar-refractivity contribution is -0.136. The molecular weight excluding hydrogens is 248 g/mol. The number of carboxylic acids is 1. The number of nitrogens with zero attached hydrogens (tertiary/aromatic N) is 2. The molecule has 2 aromatic heterocycles. The molecular formula is C13H16N2O2S.